The molecular weight excluding hydrogens is 488 g/mol. The van der Waals surface area contributed by atoms with Crippen molar-refractivity contribution in [1.82, 2.24) is 24.7 Å². The molecule has 0 unspecified atom stereocenters. The Bertz CT molecular complexity index is 1250. The van der Waals surface area contributed by atoms with Crippen molar-refractivity contribution in [2.45, 2.75) is 0 Å². The average molecular weight is 521 g/mol. The minimum atomic E-state index is 0.0866. The summed E-state index contributed by atoms with van der Waals surface area (Å²) in [7, 11) is 4.23. The first-order valence-electron chi connectivity index (χ1n) is 12.6. The van der Waals surface area contributed by atoms with Crippen LogP contribution in [0.5, 0.6) is 0 Å². The average Bonchev–Trinajstić information content (AvgIpc) is 2.92. The molecule has 10 heteroatoms. The van der Waals surface area contributed by atoms with E-state index in [2.05, 4.69) is 62.3 Å². The molecule has 0 radical (unpaired) electrons. The Labute approximate surface area is 222 Å². The summed E-state index contributed by atoms with van der Waals surface area (Å²) in [6.45, 7) is 7.16. The minimum absolute atomic E-state index is 0.0866. The van der Waals surface area contributed by atoms with Crippen molar-refractivity contribution >= 4 is 40.4 Å². The minimum Gasteiger partial charge on any atom is -0.393 e. The third-order valence-corrected chi connectivity index (χ3v) is 7.49. The van der Waals surface area contributed by atoms with Crippen molar-refractivity contribution in [2.75, 3.05) is 82.4 Å². The Morgan fingerprint density at radius 2 is 1.49 bits per heavy atom. The molecule has 0 bridgehead atoms. The van der Waals surface area contributed by atoms with E-state index < -0.39 is 0 Å². The maximum atomic E-state index is 13.0. The van der Waals surface area contributed by atoms with Gasteiger partial charge in [0.15, 0.2) is 11.0 Å². The largest absolute Gasteiger partial charge is 0.393 e. The van der Waals surface area contributed by atoms with E-state index in [0.717, 1.165) is 74.9 Å². The van der Waals surface area contributed by atoms with Crippen LogP contribution in [0.15, 0.2) is 48.8 Å². The molecule has 3 aromatic rings. The van der Waals surface area contributed by atoms with Crippen LogP contribution in [-0.2, 0) is 0 Å². The van der Waals surface area contributed by atoms with Gasteiger partial charge in [0.2, 0.25) is 0 Å². The Hall–Kier alpha value is -3.40. The van der Waals surface area contributed by atoms with Gasteiger partial charge in [-0.1, -0.05) is 29.8 Å². The predicted octanol–water partition coefficient (Wildman–Crippen LogP) is 3.26. The van der Waals surface area contributed by atoms with Gasteiger partial charge in [-0.25, -0.2) is 9.97 Å². The van der Waals surface area contributed by atoms with Crippen LogP contribution in [-0.4, -0.2) is 97.0 Å². The standard InChI is InChI=1S/C27H33ClN8O/c1-33-9-13-35(14-10-33)23-8-7-21(17-22(23)32-26-24(29)25(28)30-18-31-26)19-3-5-20(6-4-19)27(37)36-15-11-34(2)12-16-36/h3-8,17-18H,9-16,29H2,1-2H3,(H,30,31,32). The van der Waals surface area contributed by atoms with Gasteiger partial charge >= 0.3 is 0 Å². The van der Waals surface area contributed by atoms with Crippen LogP contribution < -0.4 is 16.0 Å². The fraction of sp³-hybridized carbons (Fsp3) is 0.370. The van der Waals surface area contributed by atoms with Crippen LogP contribution in [0, 0.1) is 0 Å². The highest BCUT2D eigenvalue weighted by Crippen LogP contribution is 2.36. The van der Waals surface area contributed by atoms with E-state index in [4.69, 9.17) is 17.3 Å². The summed E-state index contributed by atoms with van der Waals surface area (Å²) in [6, 6.07) is 14.2. The molecule has 2 aliphatic heterocycles. The molecular formula is C27H33ClN8O. The fourth-order valence-corrected chi connectivity index (χ4v) is 4.87. The molecule has 1 aromatic heterocycles. The highest BCUT2D eigenvalue weighted by molar-refractivity contribution is 6.32. The number of nitrogen functional groups attached to an aromatic ring is 1. The number of hydrogen-bond donors (Lipinski definition) is 2. The monoisotopic (exact) mass is 520 g/mol. The van der Waals surface area contributed by atoms with Gasteiger partial charge in [0, 0.05) is 57.9 Å². The van der Waals surface area contributed by atoms with Crippen LogP contribution in [0.2, 0.25) is 5.15 Å². The Morgan fingerprint density at radius 3 is 2.16 bits per heavy atom. The molecule has 0 spiro atoms. The molecule has 0 atom stereocenters. The Balaban J connectivity index is 1.42. The van der Waals surface area contributed by atoms with Gasteiger partial charge in [-0.05, 0) is 49.5 Å². The second-order valence-electron chi connectivity index (χ2n) is 9.75. The zero-order valence-electron chi connectivity index (χ0n) is 21.3. The van der Waals surface area contributed by atoms with Crippen molar-refractivity contribution in [3.05, 3.63) is 59.5 Å². The summed E-state index contributed by atoms with van der Waals surface area (Å²) in [5.41, 5.74) is 11.2. The van der Waals surface area contributed by atoms with E-state index >= 15 is 0 Å². The van der Waals surface area contributed by atoms with Gasteiger partial charge < -0.3 is 30.7 Å². The first-order chi connectivity index (χ1) is 17.9. The quantitative estimate of drug-likeness (QED) is 0.495. The first-order valence-corrected chi connectivity index (χ1v) is 13.0. The van der Waals surface area contributed by atoms with Gasteiger partial charge in [-0.3, -0.25) is 4.79 Å². The van der Waals surface area contributed by atoms with Crippen LogP contribution in [0.4, 0.5) is 22.9 Å². The SMILES string of the molecule is CN1CCN(C(=O)c2ccc(-c3ccc(N4CCN(C)CC4)c(Nc4ncnc(Cl)c4N)c3)cc2)CC1. The van der Waals surface area contributed by atoms with Crippen molar-refractivity contribution in [3.63, 3.8) is 0 Å². The number of halogens is 1. The Kier molecular flexibility index (Phi) is 7.45. The molecule has 9 nitrogen and oxygen atoms in total. The number of piperazine rings is 2. The second-order valence-corrected chi connectivity index (χ2v) is 10.1. The van der Waals surface area contributed by atoms with Crippen LogP contribution in [0.1, 0.15) is 10.4 Å². The fourth-order valence-electron chi connectivity index (χ4n) is 4.74. The van der Waals surface area contributed by atoms with Crippen LogP contribution in [0.3, 0.4) is 0 Å². The number of aromatic nitrogens is 2. The number of carbonyl (C=O) groups is 1. The summed E-state index contributed by atoms with van der Waals surface area (Å²) in [4.78, 5) is 30.1. The number of likely N-dealkylation sites (N-methyl/N-ethyl adjacent to an activating group) is 2. The van der Waals surface area contributed by atoms with E-state index in [1.165, 1.54) is 6.33 Å². The number of anilines is 4. The summed E-state index contributed by atoms with van der Waals surface area (Å²) in [5, 5.41) is 3.61. The van der Waals surface area contributed by atoms with E-state index in [1.807, 2.05) is 29.2 Å². The highest BCUT2D eigenvalue weighted by atomic mass is 35.5. The normalized spacial score (nSPS) is 17.2. The number of hydrogen-bond acceptors (Lipinski definition) is 8. The summed E-state index contributed by atoms with van der Waals surface area (Å²) in [5.74, 6) is 0.559. The lowest BCUT2D eigenvalue weighted by atomic mass is 10.0. The number of benzene rings is 2. The lowest BCUT2D eigenvalue weighted by molar-refractivity contribution is 0.0664. The molecule has 2 aliphatic rings. The molecule has 194 valence electrons. The highest BCUT2D eigenvalue weighted by Gasteiger charge is 2.21. The third kappa shape index (κ3) is 5.64. The van der Waals surface area contributed by atoms with Crippen molar-refractivity contribution in [3.8, 4) is 11.1 Å². The van der Waals surface area contributed by atoms with Gasteiger partial charge in [0.05, 0.1) is 11.4 Å². The van der Waals surface area contributed by atoms with E-state index in [0.29, 0.717) is 17.1 Å². The molecule has 2 saturated heterocycles. The summed E-state index contributed by atoms with van der Waals surface area (Å²) < 4.78 is 0. The smallest absolute Gasteiger partial charge is 0.253 e. The number of carbonyl (C=O) groups excluding carboxylic acids is 1. The lowest BCUT2D eigenvalue weighted by Gasteiger charge is -2.35. The molecule has 3 N–H and O–H groups in total. The number of nitrogens with one attached hydrogen (secondary N) is 1. The third-order valence-electron chi connectivity index (χ3n) is 7.18. The molecule has 2 fully saturated rings. The number of rotatable bonds is 5. The summed E-state index contributed by atoms with van der Waals surface area (Å²) in [6.07, 6.45) is 1.40. The van der Waals surface area contributed by atoms with Crippen molar-refractivity contribution < 1.29 is 4.79 Å². The zero-order chi connectivity index (χ0) is 25.9. The van der Waals surface area contributed by atoms with E-state index in [1.54, 1.807) is 0 Å². The van der Waals surface area contributed by atoms with E-state index in [-0.39, 0.29) is 11.1 Å². The van der Waals surface area contributed by atoms with Crippen LogP contribution >= 0.6 is 11.6 Å². The first kappa shape index (κ1) is 25.3. The van der Waals surface area contributed by atoms with Crippen molar-refractivity contribution in [1.29, 1.82) is 0 Å². The Morgan fingerprint density at radius 1 is 0.865 bits per heavy atom. The molecule has 3 heterocycles. The second kappa shape index (κ2) is 10.9. The molecule has 5 rings (SSSR count). The van der Waals surface area contributed by atoms with Crippen LogP contribution in [0.25, 0.3) is 11.1 Å². The van der Waals surface area contributed by atoms with Crippen molar-refractivity contribution in [2.24, 2.45) is 0 Å². The maximum absolute atomic E-state index is 13.0. The number of nitrogens with zero attached hydrogens (tertiary/aromatic N) is 6. The number of nitrogens with two attached hydrogens (primary N) is 1. The maximum Gasteiger partial charge on any atom is 0.253 e. The zero-order valence-corrected chi connectivity index (χ0v) is 22.1. The lowest BCUT2D eigenvalue weighted by Crippen LogP contribution is -2.47. The predicted molar refractivity (Wildman–Crippen MR) is 150 cm³/mol. The molecule has 37 heavy (non-hydrogen) atoms. The molecule has 0 aliphatic carbocycles. The molecule has 0 saturated carbocycles. The molecule has 2 aromatic carbocycles. The van der Waals surface area contributed by atoms with Gasteiger partial charge in [-0.15, -0.1) is 0 Å². The summed E-state index contributed by atoms with van der Waals surface area (Å²) >= 11 is 6.15. The van der Waals surface area contributed by atoms with E-state index in [9.17, 15) is 4.79 Å². The van der Waals surface area contributed by atoms with Gasteiger partial charge in [0.25, 0.3) is 5.91 Å². The number of amides is 1. The molecule has 1 amide bonds. The topological polar surface area (TPSA) is 93.9 Å². The van der Waals surface area contributed by atoms with Gasteiger partial charge in [-0.2, -0.15) is 0 Å². The van der Waals surface area contributed by atoms with Gasteiger partial charge in [0.1, 0.15) is 12.0 Å².